The number of guanidine groups is 1. The number of rotatable bonds is 7. The first kappa shape index (κ1) is 24.1. The summed E-state index contributed by atoms with van der Waals surface area (Å²) in [6, 6.07) is 0. The van der Waals surface area contributed by atoms with Crippen molar-refractivity contribution in [3.63, 3.8) is 0 Å². The molecule has 1 fully saturated rings. The molecule has 0 amide bonds. The molecular weight excluding hydrogens is 433 g/mol. The van der Waals surface area contributed by atoms with Crippen molar-refractivity contribution in [1.29, 1.82) is 0 Å². The second kappa shape index (κ2) is 11.0. The van der Waals surface area contributed by atoms with E-state index < -0.39 is 10.8 Å². The third-order valence-corrected chi connectivity index (χ3v) is 6.56. The molecule has 4 nitrogen and oxygen atoms in total. The van der Waals surface area contributed by atoms with Gasteiger partial charge in [0, 0.05) is 41.4 Å². The Morgan fingerprint density at radius 3 is 2.25 bits per heavy atom. The topological polar surface area (TPSA) is 53.5 Å². The van der Waals surface area contributed by atoms with Crippen LogP contribution in [0.1, 0.15) is 66.7 Å². The van der Waals surface area contributed by atoms with Crippen LogP contribution in [0.2, 0.25) is 0 Å². The fourth-order valence-electron chi connectivity index (χ4n) is 3.50. The normalized spacial score (nSPS) is 19.0. The number of hydrogen-bond donors (Lipinski definition) is 2. The van der Waals surface area contributed by atoms with Gasteiger partial charge in [0.2, 0.25) is 0 Å². The summed E-state index contributed by atoms with van der Waals surface area (Å²) in [5, 5.41) is 6.82. The molecule has 1 rings (SSSR count). The first-order valence-electron chi connectivity index (χ1n) is 9.01. The molecule has 2 N–H and O–H groups in total. The second-order valence-electron chi connectivity index (χ2n) is 8.32. The Balaban J connectivity index is 0.00000529. The molecule has 0 aromatic heterocycles. The number of halogens is 1. The predicted octanol–water partition coefficient (Wildman–Crippen LogP) is 3.92. The van der Waals surface area contributed by atoms with Crippen molar-refractivity contribution >= 4 is 40.7 Å². The number of hydrogen-bond acceptors (Lipinski definition) is 2. The summed E-state index contributed by atoms with van der Waals surface area (Å²) < 4.78 is 11.9. The van der Waals surface area contributed by atoms with Crippen molar-refractivity contribution < 1.29 is 4.21 Å². The van der Waals surface area contributed by atoms with Gasteiger partial charge in [-0.2, -0.15) is 0 Å². The zero-order valence-electron chi connectivity index (χ0n) is 16.4. The number of nitrogens with zero attached hydrogens (tertiary/aromatic N) is 1. The molecule has 0 bridgehead atoms. The van der Waals surface area contributed by atoms with Crippen LogP contribution in [0.4, 0.5) is 0 Å². The third kappa shape index (κ3) is 8.50. The zero-order valence-corrected chi connectivity index (χ0v) is 19.6. The van der Waals surface area contributed by atoms with E-state index in [1.165, 1.54) is 32.1 Å². The van der Waals surface area contributed by atoms with Crippen molar-refractivity contribution in [3.05, 3.63) is 0 Å². The Morgan fingerprint density at radius 2 is 1.79 bits per heavy atom. The van der Waals surface area contributed by atoms with E-state index >= 15 is 0 Å². The SMILES string of the molecule is CN=C(NCCS(=O)C(C)(C)C)NCC1(CC(C)C)CCCC1.I. The van der Waals surface area contributed by atoms with Crippen LogP contribution in [0, 0.1) is 11.3 Å². The predicted molar refractivity (Wildman–Crippen MR) is 118 cm³/mol. The summed E-state index contributed by atoms with van der Waals surface area (Å²) in [6.07, 6.45) is 6.63. The minimum absolute atomic E-state index is 0. The first-order chi connectivity index (χ1) is 10.7. The fraction of sp³-hybridized carbons (Fsp3) is 0.944. The third-order valence-electron chi connectivity index (χ3n) is 4.62. The molecule has 0 heterocycles. The summed E-state index contributed by atoms with van der Waals surface area (Å²) in [6.45, 7) is 12.4. The highest BCUT2D eigenvalue weighted by atomic mass is 127. The van der Waals surface area contributed by atoms with Gasteiger partial charge in [0.1, 0.15) is 0 Å². The molecule has 1 atom stereocenters. The number of nitrogens with one attached hydrogen (secondary N) is 2. The van der Waals surface area contributed by atoms with Gasteiger partial charge < -0.3 is 10.6 Å². The largest absolute Gasteiger partial charge is 0.356 e. The molecule has 6 heteroatoms. The van der Waals surface area contributed by atoms with Crippen molar-refractivity contribution in [2.24, 2.45) is 16.3 Å². The first-order valence-corrected chi connectivity index (χ1v) is 10.3. The van der Waals surface area contributed by atoms with Crippen LogP contribution in [0.25, 0.3) is 0 Å². The average Bonchev–Trinajstić information content (AvgIpc) is 2.89. The molecule has 1 aliphatic rings. The van der Waals surface area contributed by atoms with E-state index in [0.717, 1.165) is 18.4 Å². The summed E-state index contributed by atoms with van der Waals surface area (Å²) in [4.78, 5) is 4.31. The molecule has 1 aliphatic carbocycles. The summed E-state index contributed by atoms with van der Waals surface area (Å²) in [5.41, 5.74) is 0.431. The highest BCUT2D eigenvalue weighted by Gasteiger charge is 2.34. The Hall–Kier alpha value is 0.150. The quantitative estimate of drug-likeness (QED) is 0.336. The lowest BCUT2D eigenvalue weighted by Gasteiger charge is -2.32. The van der Waals surface area contributed by atoms with Crippen LogP contribution in [0.5, 0.6) is 0 Å². The van der Waals surface area contributed by atoms with Crippen molar-refractivity contribution in [1.82, 2.24) is 10.6 Å². The lowest BCUT2D eigenvalue weighted by atomic mass is 9.78. The van der Waals surface area contributed by atoms with E-state index in [-0.39, 0.29) is 28.7 Å². The molecule has 0 saturated heterocycles. The average molecular weight is 471 g/mol. The summed E-state index contributed by atoms with van der Waals surface area (Å²) in [7, 11) is 0.982. The molecule has 0 radical (unpaired) electrons. The van der Waals surface area contributed by atoms with E-state index in [0.29, 0.717) is 17.7 Å². The Kier molecular flexibility index (Phi) is 11.1. The van der Waals surface area contributed by atoms with Gasteiger partial charge in [0.05, 0.1) is 0 Å². The maximum Gasteiger partial charge on any atom is 0.191 e. The second-order valence-corrected chi connectivity index (χ2v) is 10.6. The maximum absolute atomic E-state index is 12.1. The lowest BCUT2D eigenvalue weighted by molar-refractivity contribution is 0.235. The minimum atomic E-state index is -0.823. The van der Waals surface area contributed by atoms with Gasteiger partial charge in [0.15, 0.2) is 5.96 Å². The minimum Gasteiger partial charge on any atom is -0.356 e. The van der Waals surface area contributed by atoms with Crippen molar-refractivity contribution in [2.45, 2.75) is 71.5 Å². The molecule has 144 valence electrons. The van der Waals surface area contributed by atoms with E-state index in [2.05, 4.69) is 29.5 Å². The van der Waals surface area contributed by atoms with Gasteiger partial charge >= 0.3 is 0 Å². The molecule has 0 aromatic carbocycles. The van der Waals surface area contributed by atoms with Gasteiger partial charge in [0.25, 0.3) is 0 Å². The lowest BCUT2D eigenvalue weighted by Crippen LogP contribution is -2.44. The molecule has 0 spiro atoms. The molecule has 24 heavy (non-hydrogen) atoms. The summed E-state index contributed by atoms with van der Waals surface area (Å²) in [5.74, 6) is 2.23. The van der Waals surface area contributed by atoms with Gasteiger partial charge in [-0.15, -0.1) is 24.0 Å². The van der Waals surface area contributed by atoms with Crippen molar-refractivity contribution in [3.8, 4) is 0 Å². The Morgan fingerprint density at radius 1 is 1.21 bits per heavy atom. The fourth-order valence-corrected chi connectivity index (χ4v) is 4.40. The molecule has 0 aromatic rings. The van der Waals surface area contributed by atoms with Gasteiger partial charge in [-0.05, 0) is 51.4 Å². The summed E-state index contributed by atoms with van der Waals surface area (Å²) >= 11 is 0. The standard InChI is InChI=1S/C18H37N3OS.HI/c1-15(2)13-18(9-7-8-10-18)14-21-16(19-6)20-11-12-23(22)17(3,4)5;/h15H,7-14H2,1-6H3,(H2,19,20,21);1H. The van der Waals surface area contributed by atoms with Crippen LogP contribution >= 0.6 is 24.0 Å². The molecule has 1 unspecified atom stereocenters. The molecular formula is C18H38IN3OS. The van der Waals surface area contributed by atoms with Crippen LogP contribution in [0.3, 0.4) is 0 Å². The molecule has 1 saturated carbocycles. The smallest absolute Gasteiger partial charge is 0.191 e. The van der Waals surface area contributed by atoms with Crippen LogP contribution in [0.15, 0.2) is 4.99 Å². The van der Waals surface area contributed by atoms with E-state index in [9.17, 15) is 4.21 Å². The van der Waals surface area contributed by atoms with Gasteiger partial charge in [-0.1, -0.05) is 26.7 Å². The van der Waals surface area contributed by atoms with Crippen LogP contribution in [-0.4, -0.2) is 40.8 Å². The highest BCUT2D eigenvalue weighted by molar-refractivity contribution is 14.0. The van der Waals surface area contributed by atoms with Crippen molar-refractivity contribution in [2.75, 3.05) is 25.9 Å². The van der Waals surface area contributed by atoms with E-state index in [1.807, 2.05) is 20.8 Å². The van der Waals surface area contributed by atoms with Crippen LogP contribution in [-0.2, 0) is 10.8 Å². The van der Waals surface area contributed by atoms with E-state index in [1.54, 1.807) is 7.05 Å². The van der Waals surface area contributed by atoms with E-state index in [4.69, 9.17) is 0 Å². The van der Waals surface area contributed by atoms with Crippen LogP contribution < -0.4 is 10.6 Å². The molecule has 0 aliphatic heterocycles. The monoisotopic (exact) mass is 471 g/mol. The zero-order chi connectivity index (χ0) is 17.5. The number of aliphatic imine (C=N–C) groups is 1. The van der Waals surface area contributed by atoms with Gasteiger partial charge in [-0.3, -0.25) is 9.20 Å². The highest BCUT2D eigenvalue weighted by Crippen LogP contribution is 2.42. The Bertz CT molecular complexity index is 413. The maximum atomic E-state index is 12.1. The Labute approximate surface area is 168 Å². The van der Waals surface area contributed by atoms with Gasteiger partial charge in [-0.25, -0.2) is 0 Å².